The molecule has 1 nitrogen and oxygen atoms in total. The van der Waals surface area contributed by atoms with Gasteiger partial charge < -0.3 is 0 Å². The van der Waals surface area contributed by atoms with Crippen LogP contribution in [0.2, 0.25) is 0 Å². The quantitative estimate of drug-likeness (QED) is 0.707. The highest BCUT2D eigenvalue weighted by Gasteiger charge is 2.06. The molecule has 2 heteroatoms. The minimum Gasteiger partial charge on any atom is -0.289 e. The molecular weight excluding hydrogens is 208 g/mol. The summed E-state index contributed by atoms with van der Waals surface area (Å²) in [7, 11) is 0. The molecule has 0 amide bonds. The fourth-order valence-corrected chi connectivity index (χ4v) is 1.35. The van der Waals surface area contributed by atoms with E-state index in [1.807, 2.05) is 60.7 Å². The van der Waals surface area contributed by atoms with Gasteiger partial charge in [0.15, 0.2) is 5.78 Å². The van der Waals surface area contributed by atoms with Crippen molar-refractivity contribution in [3.05, 3.63) is 71.8 Å². The number of carbonyl (C=O) groups is 1. The molecule has 0 aromatic heterocycles. The predicted molar refractivity (Wildman–Crippen MR) is 63.6 cm³/mol. The summed E-state index contributed by atoms with van der Waals surface area (Å²) in [6.45, 7) is 0. The van der Waals surface area contributed by atoms with Crippen molar-refractivity contribution in [2.24, 2.45) is 0 Å². The molecule has 0 spiro atoms. The van der Waals surface area contributed by atoms with Gasteiger partial charge in [0, 0.05) is 11.1 Å². The number of halogens is 1. The van der Waals surface area contributed by atoms with Crippen molar-refractivity contribution in [2.45, 2.75) is 0 Å². The smallest absolute Gasteiger partial charge is 0.193 e. The third-order valence-electron chi connectivity index (χ3n) is 2.07. The van der Waals surface area contributed by atoms with Gasteiger partial charge in [0.05, 0.1) is 0 Å². The molecule has 0 bridgehead atoms. The average molecular weight is 219 g/mol. The second-order valence-corrected chi connectivity index (χ2v) is 3.06. The summed E-state index contributed by atoms with van der Waals surface area (Å²) in [6.07, 6.45) is 0. The Morgan fingerprint density at radius 1 is 0.667 bits per heavy atom. The standard InChI is InChI=1S/C13H10O.ClH/c14-13(11-7-3-1-4-8-11)12-9-5-2-6-10-12;/h1-10H;1H. The second kappa shape index (κ2) is 5.32. The van der Waals surface area contributed by atoms with E-state index in [9.17, 15) is 4.79 Å². The van der Waals surface area contributed by atoms with Crippen molar-refractivity contribution < 1.29 is 4.79 Å². The molecular formula is C13H11ClO. The molecule has 76 valence electrons. The molecule has 2 aromatic rings. The molecule has 0 unspecified atom stereocenters. The van der Waals surface area contributed by atoms with E-state index in [0.717, 1.165) is 11.1 Å². The lowest BCUT2D eigenvalue weighted by atomic mass is 10.0. The van der Waals surface area contributed by atoms with Gasteiger partial charge in [0.25, 0.3) is 0 Å². The van der Waals surface area contributed by atoms with Gasteiger partial charge in [0.1, 0.15) is 0 Å². The Kier molecular flexibility index (Phi) is 4.07. The van der Waals surface area contributed by atoms with E-state index in [-0.39, 0.29) is 18.2 Å². The van der Waals surface area contributed by atoms with E-state index >= 15 is 0 Å². The van der Waals surface area contributed by atoms with Gasteiger partial charge in [0.2, 0.25) is 0 Å². The van der Waals surface area contributed by atoms with Crippen molar-refractivity contribution in [1.29, 1.82) is 0 Å². The molecule has 0 aliphatic heterocycles. The minimum absolute atomic E-state index is 0. The lowest BCUT2D eigenvalue weighted by Crippen LogP contribution is -1.99. The van der Waals surface area contributed by atoms with Gasteiger partial charge in [-0.2, -0.15) is 0 Å². The second-order valence-electron chi connectivity index (χ2n) is 3.06. The Hall–Kier alpha value is -1.60. The zero-order valence-corrected chi connectivity index (χ0v) is 8.91. The molecule has 0 fully saturated rings. The summed E-state index contributed by atoms with van der Waals surface area (Å²) in [5, 5.41) is 0. The first-order chi connectivity index (χ1) is 6.88. The molecule has 0 radical (unpaired) electrons. The lowest BCUT2D eigenvalue weighted by molar-refractivity contribution is 0.103. The van der Waals surface area contributed by atoms with Crippen molar-refractivity contribution in [1.82, 2.24) is 0 Å². The normalized spacial score (nSPS) is 9.07. The molecule has 0 saturated carbocycles. The average Bonchev–Trinajstić information content (AvgIpc) is 2.30. The fourth-order valence-electron chi connectivity index (χ4n) is 1.35. The van der Waals surface area contributed by atoms with Crippen LogP contribution in [0.4, 0.5) is 0 Å². The third kappa shape index (κ3) is 2.67. The maximum atomic E-state index is 11.8. The van der Waals surface area contributed by atoms with E-state index in [1.54, 1.807) is 0 Å². The number of hydrogen-bond donors (Lipinski definition) is 0. The summed E-state index contributed by atoms with van der Waals surface area (Å²) in [6, 6.07) is 18.6. The van der Waals surface area contributed by atoms with Crippen LogP contribution >= 0.6 is 12.4 Å². The SMILES string of the molecule is Cl.O=C(c1ccccc1)c1ccccc1. The summed E-state index contributed by atoms with van der Waals surface area (Å²) in [5.41, 5.74) is 1.47. The van der Waals surface area contributed by atoms with Gasteiger partial charge >= 0.3 is 0 Å². The third-order valence-corrected chi connectivity index (χ3v) is 2.07. The van der Waals surface area contributed by atoms with Crippen molar-refractivity contribution >= 4 is 18.2 Å². The Balaban J connectivity index is 0.00000112. The van der Waals surface area contributed by atoms with Crippen LogP contribution in [0.15, 0.2) is 60.7 Å². The minimum atomic E-state index is 0. The predicted octanol–water partition coefficient (Wildman–Crippen LogP) is 3.34. The van der Waals surface area contributed by atoms with Crippen LogP contribution in [-0.2, 0) is 0 Å². The van der Waals surface area contributed by atoms with E-state index in [0.29, 0.717) is 0 Å². The highest BCUT2D eigenvalue weighted by Crippen LogP contribution is 2.08. The van der Waals surface area contributed by atoms with Crippen molar-refractivity contribution in [2.75, 3.05) is 0 Å². The number of rotatable bonds is 2. The van der Waals surface area contributed by atoms with E-state index in [1.165, 1.54) is 0 Å². The van der Waals surface area contributed by atoms with Gasteiger partial charge in [-0.25, -0.2) is 0 Å². The Morgan fingerprint density at radius 3 is 1.33 bits per heavy atom. The summed E-state index contributed by atoms with van der Waals surface area (Å²) >= 11 is 0. The highest BCUT2D eigenvalue weighted by atomic mass is 35.5. The van der Waals surface area contributed by atoms with Crippen LogP contribution < -0.4 is 0 Å². The summed E-state index contributed by atoms with van der Waals surface area (Å²) in [4.78, 5) is 11.8. The zero-order valence-electron chi connectivity index (χ0n) is 8.09. The molecule has 0 heterocycles. The van der Waals surface area contributed by atoms with Gasteiger partial charge in [-0.1, -0.05) is 60.7 Å². The monoisotopic (exact) mass is 218 g/mol. The van der Waals surface area contributed by atoms with Crippen molar-refractivity contribution in [3.63, 3.8) is 0 Å². The molecule has 2 aromatic carbocycles. The van der Waals surface area contributed by atoms with Crippen LogP contribution in [0, 0.1) is 0 Å². The number of ketones is 1. The number of hydrogen-bond acceptors (Lipinski definition) is 1. The summed E-state index contributed by atoms with van der Waals surface area (Å²) < 4.78 is 0. The van der Waals surface area contributed by atoms with Gasteiger partial charge in [-0.05, 0) is 0 Å². The first kappa shape index (κ1) is 11.5. The molecule has 2 rings (SSSR count). The Labute approximate surface area is 95.2 Å². The highest BCUT2D eigenvalue weighted by molar-refractivity contribution is 6.08. The molecule has 15 heavy (non-hydrogen) atoms. The Bertz CT molecular complexity index is 381. The van der Waals surface area contributed by atoms with Crippen LogP contribution in [0.3, 0.4) is 0 Å². The maximum absolute atomic E-state index is 11.8. The van der Waals surface area contributed by atoms with E-state index in [2.05, 4.69) is 0 Å². The van der Waals surface area contributed by atoms with Crippen LogP contribution in [-0.4, -0.2) is 5.78 Å². The lowest BCUT2D eigenvalue weighted by Gasteiger charge is -1.99. The first-order valence-corrected chi connectivity index (χ1v) is 4.53. The fraction of sp³-hybridized carbons (Fsp3) is 0. The zero-order chi connectivity index (χ0) is 9.80. The molecule has 0 saturated heterocycles. The molecule has 0 aliphatic carbocycles. The van der Waals surface area contributed by atoms with Crippen LogP contribution in [0.25, 0.3) is 0 Å². The Morgan fingerprint density at radius 2 is 1.00 bits per heavy atom. The van der Waals surface area contributed by atoms with E-state index < -0.39 is 0 Å². The van der Waals surface area contributed by atoms with E-state index in [4.69, 9.17) is 0 Å². The largest absolute Gasteiger partial charge is 0.289 e. The van der Waals surface area contributed by atoms with Crippen LogP contribution in [0.1, 0.15) is 15.9 Å². The van der Waals surface area contributed by atoms with Crippen molar-refractivity contribution in [3.8, 4) is 0 Å². The van der Waals surface area contributed by atoms with Crippen LogP contribution in [0.5, 0.6) is 0 Å². The molecule has 0 N–H and O–H groups in total. The topological polar surface area (TPSA) is 17.1 Å². The summed E-state index contributed by atoms with van der Waals surface area (Å²) in [5.74, 6) is 0.0752. The number of carbonyl (C=O) groups excluding carboxylic acids is 1. The molecule has 0 aliphatic rings. The number of benzene rings is 2. The maximum Gasteiger partial charge on any atom is 0.193 e. The first-order valence-electron chi connectivity index (χ1n) is 4.53. The van der Waals surface area contributed by atoms with Gasteiger partial charge in [-0.15, -0.1) is 12.4 Å². The molecule has 0 atom stereocenters. The van der Waals surface area contributed by atoms with Gasteiger partial charge in [-0.3, -0.25) is 4.79 Å².